The molecule has 0 aliphatic heterocycles. The average Bonchev–Trinajstić information content (AvgIpc) is 2.89. The van der Waals surface area contributed by atoms with E-state index >= 15 is 0 Å². The van der Waals surface area contributed by atoms with Crippen molar-refractivity contribution in [1.29, 1.82) is 5.26 Å². The summed E-state index contributed by atoms with van der Waals surface area (Å²) in [5.41, 5.74) is 5.97. The second-order valence-electron chi connectivity index (χ2n) is 7.95. The number of rotatable bonds is 8. The van der Waals surface area contributed by atoms with Crippen LogP contribution in [0.3, 0.4) is 0 Å². The maximum Gasteiger partial charge on any atom is 0.225 e. The minimum atomic E-state index is -0.0980. The molecule has 0 aliphatic rings. The van der Waals surface area contributed by atoms with Crippen molar-refractivity contribution in [2.45, 2.75) is 18.4 Å². The fourth-order valence-corrected chi connectivity index (χ4v) is 4.53. The molecule has 0 unspecified atom stereocenters. The Kier molecular flexibility index (Phi) is 7.81. The maximum absolute atomic E-state index is 12.5. The van der Waals surface area contributed by atoms with Gasteiger partial charge >= 0.3 is 0 Å². The standard InChI is InChI=1S/C29H25N3O2S/c1-20-8-10-21(11-9-20)25-18-27(22-6-4-3-5-7-22)32-29(26(25)19-30)35-17-16-28(33)31-23-12-14-24(34-2)15-13-23/h3-15,18H,16-17H2,1-2H3,(H,31,33). The summed E-state index contributed by atoms with van der Waals surface area (Å²) in [5, 5.41) is 13.6. The molecule has 0 spiro atoms. The third-order valence-corrected chi connectivity index (χ3v) is 6.45. The quantitative estimate of drug-likeness (QED) is 0.284. The third-order valence-electron chi connectivity index (χ3n) is 5.47. The lowest BCUT2D eigenvalue weighted by Gasteiger charge is -2.13. The molecule has 4 rings (SSSR count). The molecule has 0 saturated heterocycles. The highest BCUT2D eigenvalue weighted by atomic mass is 32.2. The van der Waals surface area contributed by atoms with E-state index in [0.717, 1.165) is 33.7 Å². The van der Waals surface area contributed by atoms with E-state index in [1.807, 2.05) is 67.6 Å². The van der Waals surface area contributed by atoms with Gasteiger partial charge in [0.1, 0.15) is 16.8 Å². The molecule has 1 N–H and O–H groups in total. The predicted octanol–water partition coefficient (Wildman–Crippen LogP) is 6.73. The van der Waals surface area contributed by atoms with Gasteiger partial charge in [-0.25, -0.2) is 4.98 Å². The first-order valence-corrected chi connectivity index (χ1v) is 12.2. The van der Waals surface area contributed by atoms with Crippen LogP contribution in [0.4, 0.5) is 5.69 Å². The van der Waals surface area contributed by atoms with Crippen LogP contribution < -0.4 is 10.1 Å². The number of carbonyl (C=O) groups is 1. The maximum atomic E-state index is 12.5. The number of benzene rings is 3. The van der Waals surface area contributed by atoms with E-state index in [-0.39, 0.29) is 5.91 Å². The summed E-state index contributed by atoms with van der Waals surface area (Å²) in [6.45, 7) is 2.04. The Morgan fingerprint density at radius 1 is 1.00 bits per heavy atom. The minimum absolute atomic E-state index is 0.0980. The largest absolute Gasteiger partial charge is 0.497 e. The van der Waals surface area contributed by atoms with Gasteiger partial charge in [-0.3, -0.25) is 4.79 Å². The lowest BCUT2D eigenvalue weighted by Crippen LogP contribution is -2.12. The number of nitrogens with one attached hydrogen (secondary N) is 1. The van der Waals surface area contributed by atoms with Crippen LogP contribution in [0.1, 0.15) is 17.5 Å². The fraction of sp³-hybridized carbons (Fsp3) is 0.138. The molecule has 0 radical (unpaired) electrons. The van der Waals surface area contributed by atoms with Crippen LogP contribution in [0.2, 0.25) is 0 Å². The number of anilines is 1. The molecule has 1 heterocycles. The lowest BCUT2D eigenvalue weighted by molar-refractivity contribution is -0.115. The predicted molar refractivity (Wildman–Crippen MR) is 142 cm³/mol. The number of carbonyl (C=O) groups excluding carboxylic acids is 1. The summed E-state index contributed by atoms with van der Waals surface area (Å²) in [7, 11) is 1.60. The lowest BCUT2D eigenvalue weighted by atomic mass is 9.98. The Balaban J connectivity index is 1.57. The van der Waals surface area contributed by atoms with Crippen molar-refractivity contribution < 1.29 is 9.53 Å². The van der Waals surface area contributed by atoms with Gasteiger partial charge in [0.2, 0.25) is 5.91 Å². The number of pyridine rings is 1. The molecular formula is C29H25N3O2S. The van der Waals surface area contributed by atoms with Crippen molar-refractivity contribution in [2.75, 3.05) is 18.2 Å². The highest BCUT2D eigenvalue weighted by molar-refractivity contribution is 7.99. The van der Waals surface area contributed by atoms with Gasteiger partial charge in [-0.15, -0.1) is 11.8 Å². The smallest absolute Gasteiger partial charge is 0.225 e. The number of nitrogens with zero attached hydrogens (tertiary/aromatic N) is 2. The Labute approximate surface area is 209 Å². The van der Waals surface area contributed by atoms with E-state index in [1.165, 1.54) is 11.8 Å². The summed E-state index contributed by atoms with van der Waals surface area (Å²) >= 11 is 1.42. The van der Waals surface area contributed by atoms with Crippen LogP contribution in [-0.2, 0) is 4.79 Å². The molecule has 4 aromatic rings. The summed E-state index contributed by atoms with van der Waals surface area (Å²) in [5.74, 6) is 1.13. The first-order valence-electron chi connectivity index (χ1n) is 11.2. The van der Waals surface area contributed by atoms with Crippen LogP contribution in [0, 0.1) is 18.3 Å². The third kappa shape index (κ3) is 6.08. The van der Waals surface area contributed by atoms with Gasteiger partial charge in [0, 0.05) is 29.0 Å². The number of aryl methyl sites for hydroxylation is 1. The van der Waals surface area contributed by atoms with Gasteiger partial charge < -0.3 is 10.1 Å². The molecule has 0 atom stereocenters. The van der Waals surface area contributed by atoms with Gasteiger partial charge in [-0.2, -0.15) is 5.26 Å². The first kappa shape index (κ1) is 24.1. The molecule has 5 nitrogen and oxygen atoms in total. The molecule has 6 heteroatoms. The van der Waals surface area contributed by atoms with Gasteiger partial charge in [0.15, 0.2) is 0 Å². The van der Waals surface area contributed by atoms with Crippen molar-refractivity contribution in [3.8, 4) is 34.2 Å². The fourth-order valence-electron chi connectivity index (χ4n) is 3.59. The molecule has 1 aromatic heterocycles. The molecule has 0 bridgehead atoms. The Hall–Kier alpha value is -4.08. The number of hydrogen-bond donors (Lipinski definition) is 1. The van der Waals surface area contributed by atoms with E-state index < -0.39 is 0 Å². The van der Waals surface area contributed by atoms with Crippen molar-refractivity contribution in [2.24, 2.45) is 0 Å². The number of ether oxygens (including phenoxy) is 1. The molecule has 0 saturated carbocycles. The van der Waals surface area contributed by atoms with Crippen LogP contribution in [0.5, 0.6) is 5.75 Å². The molecule has 0 fully saturated rings. The summed E-state index contributed by atoms with van der Waals surface area (Å²) in [4.78, 5) is 17.3. The SMILES string of the molecule is COc1ccc(NC(=O)CCSc2nc(-c3ccccc3)cc(-c3ccc(C)cc3)c2C#N)cc1. The molecule has 35 heavy (non-hydrogen) atoms. The monoisotopic (exact) mass is 479 g/mol. The number of hydrogen-bond acceptors (Lipinski definition) is 5. The Morgan fingerprint density at radius 2 is 1.71 bits per heavy atom. The van der Waals surface area contributed by atoms with E-state index in [9.17, 15) is 10.1 Å². The van der Waals surface area contributed by atoms with Gasteiger partial charge in [0.25, 0.3) is 0 Å². The number of thioether (sulfide) groups is 1. The molecule has 1 amide bonds. The van der Waals surface area contributed by atoms with Gasteiger partial charge in [-0.1, -0.05) is 60.2 Å². The van der Waals surface area contributed by atoms with Crippen LogP contribution in [-0.4, -0.2) is 23.8 Å². The van der Waals surface area contributed by atoms with E-state index in [1.54, 1.807) is 31.4 Å². The second-order valence-corrected chi connectivity index (χ2v) is 9.04. The van der Waals surface area contributed by atoms with Crippen LogP contribution in [0.15, 0.2) is 90.0 Å². The molecule has 3 aromatic carbocycles. The minimum Gasteiger partial charge on any atom is -0.497 e. The number of amides is 1. The zero-order valence-electron chi connectivity index (χ0n) is 19.6. The number of methoxy groups -OCH3 is 1. The average molecular weight is 480 g/mol. The molecule has 174 valence electrons. The Morgan fingerprint density at radius 3 is 2.37 bits per heavy atom. The van der Waals surface area contributed by atoms with Gasteiger partial charge in [0.05, 0.1) is 18.4 Å². The summed E-state index contributed by atoms with van der Waals surface area (Å²) in [6, 6.07) is 29.6. The van der Waals surface area contributed by atoms with Crippen molar-refractivity contribution >= 4 is 23.4 Å². The Bertz CT molecular complexity index is 1350. The normalized spacial score (nSPS) is 10.4. The van der Waals surface area contributed by atoms with Crippen molar-refractivity contribution in [3.05, 3.63) is 96.1 Å². The highest BCUT2D eigenvalue weighted by Crippen LogP contribution is 2.34. The first-order chi connectivity index (χ1) is 17.1. The zero-order valence-corrected chi connectivity index (χ0v) is 20.4. The van der Waals surface area contributed by atoms with Crippen molar-refractivity contribution in [1.82, 2.24) is 4.98 Å². The van der Waals surface area contributed by atoms with E-state index in [2.05, 4.69) is 11.4 Å². The number of aromatic nitrogens is 1. The van der Waals surface area contributed by atoms with Crippen LogP contribution in [0.25, 0.3) is 22.4 Å². The summed E-state index contributed by atoms with van der Waals surface area (Å²) in [6.07, 6.45) is 0.290. The highest BCUT2D eigenvalue weighted by Gasteiger charge is 2.16. The van der Waals surface area contributed by atoms with E-state index in [4.69, 9.17) is 9.72 Å². The topological polar surface area (TPSA) is 75.0 Å². The molecular weight excluding hydrogens is 454 g/mol. The summed E-state index contributed by atoms with van der Waals surface area (Å²) < 4.78 is 5.15. The van der Waals surface area contributed by atoms with E-state index in [0.29, 0.717) is 28.5 Å². The second kappa shape index (κ2) is 11.4. The molecule has 0 aliphatic carbocycles. The van der Waals surface area contributed by atoms with Crippen LogP contribution >= 0.6 is 11.8 Å². The number of nitriles is 1. The van der Waals surface area contributed by atoms with Crippen molar-refractivity contribution in [3.63, 3.8) is 0 Å². The zero-order chi connectivity index (χ0) is 24.6. The van der Waals surface area contributed by atoms with Gasteiger partial charge in [-0.05, 0) is 42.8 Å².